The van der Waals surface area contributed by atoms with Crippen LogP contribution in [0.4, 0.5) is 0 Å². The molecule has 1 saturated heterocycles. The molecule has 1 atom stereocenters. The number of piperidine rings is 1. The quantitative estimate of drug-likeness (QED) is 0.478. The smallest absolute Gasteiger partial charge is 0.332 e. The molecule has 13 heavy (non-hydrogen) atoms. The molecule has 0 radical (unpaired) electrons. The zero-order valence-electron chi connectivity index (χ0n) is 7.79. The van der Waals surface area contributed by atoms with Crippen LogP contribution in [0.25, 0.3) is 0 Å². The second-order valence-electron chi connectivity index (χ2n) is 3.11. The summed E-state index contributed by atoms with van der Waals surface area (Å²) in [5.74, 6) is -0.242. The van der Waals surface area contributed by atoms with Gasteiger partial charge in [0, 0.05) is 18.2 Å². The molecule has 1 rings (SSSR count). The summed E-state index contributed by atoms with van der Waals surface area (Å²) in [6, 6.07) is 0. The van der Waals surface area contributed by atoms with Crippen molar-refractivity contribution in [3.05, 3.63) is 11.8 Å². The standard InChI is InChI=1S/C9H13NO3/c1-6-3-4-8(11)10-7(6)5-9(12)13-2/h5-6H,3-4H2,1-2H3,(H,10,11)/b7-5-. The van der Waals surface area contributed by atoms with Crippen LogP contribution in [0.15, 0.2) is 11.8 Å². The molecular formula is C9H13NO3. The van der Waals surface area contributed by atoms with E-state index in [0.717, 1.165) is 6.42 Å². The summed E-state index contributed by atoms with van der Waals surface area (Å²) in [5, 5.41) is 2.65. The predicted octanol–water partition coefficient (Wildman–Crippen LogP) is 0.589. The molecule has 0 aromatic heterocycles. The van der Waals surface area contributed by atoms with E-state index in [1.54, 1.807) is 0 Å². The Morgan fingerprint density at radius 1 is 1.69 bits per heavy atom. The highest BCUT2D eigenvalue weighted by Crippen LogP contribution is 2.19. The number of hydrogen-bond donors (Lipinski definition) is 1. The molecule has 0 aromatic carbocycles. The zero-order chi connectivity index (χ0) is 9.84. The average molecular weight is 183 g/mol. The minimum Gasteiger partial charge on any atom is -0.466 e. The van der Waals surface area contributed by atoms with Gasteiger partial charge in [-0.25, -0.2) is 4.79 Å². The number of methoxy groups -OCH3 is 1. The van der Waals surface area contributed by atoms with Gasteiger partial charge in [0.15, 0.2) is 0 Å². The molecule has 1 amide bonds. The van der Waals surface area contributed by atoms with Gasteiger partial charge in [-0.3, -0.25) is 4.79 Å². The Kier molecular flexibility index (Phi) is 3.06. The van der Waals surface area contributed by atoms with Gasteiger partial charge in [-0.2, -0.15) is 0 Å². The van der Waals surface area contributed by atoms with E-state index in [9.17, 15) is 9.59 Å². The van der Waals surface area contributed by atoms with Crippen molar-refractivity contribution in [3.63, 3.8) is 0 Å². The van der Waals surface area contributed by atoms with E-state index >= 15 is 0 Å². The second kappa shape index (κ2) is 4.07. The summed E-state index contributed by atoms with van der Waals surface area (Å²) in [6.45, 7) is 1.97. The van der Waals surface area contributed by atoms with Crippen molar-refractivity contribution in [2.45, 2.75) is 19.8 Å². The number of amides is 1. The normalized spacial score (nSPS) is 25.5. The van der Waals surface area contributed by atoms with E-state index in [-0.39, 0.29) is 11.8 Å². The molecule has 1 aliphatic rings. The number of allylic oxidation sites excluding steroid dienone is 1. The molecule has 4 heteroatoms. The van der Waals surface area contributed by atoms with E-state index in [1.165, 1.54) is 13.2 Å². The molecular weight excluding hydrogens is 170 g/mol. The number of carbonyl (C=O) groups excluding carboxylic acids is 2. The van der Waals surface area contributed by atoms with Crippen LogP contribution < -0.4 is 5.32 Å². The van der Waals surface area contributed by atoms with Gasteiger partial charge in [0.2, 0.25) is 5.91 Å². The lowest BCUT2D eigenvalue weighted by molar-refractivity contribution is -0.134. The fourth-order valence-corrected chi connectivity index (χ4v) is 1.21. The number of hydrogen-bond acceptors (Lipinski definition) is 3. The molecule has 1 unspecified atom stereocenters. The topological polar surface area (TPSA) is 55.4 Å². The summed E-state index contributed by atoms with van der Waals surface area (Å²) in [7, 11) is 1.31. The van der Waals surface area contributed by atoms with E-state index in [1.807, 2.05) is 6.92 Å². The Morgan fingerprint density at radius 3 is 3.00 bits per heavy atom. The van der Waals surface area contributed by atoms with Gasteiger partial charge in [0.05, 0.1) is 7.11 Å². The predicted molar refractivity (Wildman–Crippen MR) is 46.6 cm³/mol. The largest absolute Gasteiger partial charge is 0.466 e. The third-order valence-corrected chi connectivity index (χ3v) is 2.09. The third-order valence-electron chi connectivity index (χ3n) is 2.09. The fraction of sp³-hybridized carbons (Fsp3) is 0.556. The van der Waals surface area contributed by atoms with Crippen molar-refractivity contribution in [2.75, 3.05) is 7.11 Å². The molecule has 1 aliphatic heterocycles. The maximum Gasteiger partial charge on any atom is 0.332 e. The Hall–Kier alpha value is -1.32. The Bertz CT molecular complexity index is 258. The third kappa shape index (κ3) is 2.57. The molecule has 0 aromatic rings. The van der Waals surface area contributed by atoms with Crippen LogP contribution in [0.2, 0.25) is 0 Å². The SMILES string of the molecule is COC(=O)/C=C1\NC(=O)CCC1C. The van der Waals surface area contributed by atoms with Crippen molar-refractivity contribution < 1.29 is 14.3 Å². The van der Waals surface area contributed by atoms with Gasteiger partial charge in [-0.1, -0.05) is 6.92 Å². The molecule has 0 saturated carbocycles. The summed E-state index contributed by atoms with van der Waals surface area (Å²) in [4.78, 5) is 21.9. The molecule has 1 heterocycles. The molecule has 0 aliphatic carbocycles. The van der Waals surface area contributed by atoms with E-state index in [4.69, 9.17) is 0 Å². The first kappa shape index (κ1) is 9.77. The highest BCUT2D eigenvalue weighted by atomic mass is 16.5. The highest BCUT2D eigenvalue weighted by molar-refractivity contribution is 5.85. The van der Waals surface area contributed by atoms with Crippen LogP contribution in [-0.4, -0.2) is 19.0 Å². The van der Waals surface area contributed by atoms with Gasteiger partial charge in [-0.15, -0.1) is 0 Å². The highest BCUT2D eigenvalue weighted by Gasteiger charge is 2.20. The minimum absolute atomic E-state index is 0.0340. The van der Waals surface area contributed by atoms with Crippen molar-refractivity contribution in [1.29, 1.82) is 0 Å². The van der Waals surface area contributed by atoms with Gasteiger partial charge >= 0.3 is 5.97 Å². The molecule has 0 spiro atoms. The van der Waals surface area contributed by atoms with Crippen LogP contribution in [0.3, 0.4) is 0 Å². The first-order chi connectivity index (χ1) is 6.13. The number of esters is 1. The lowest BCUT2D eigenvalue weighted by Crippen LogP contribution is -2.32. The number of ether oxygens (including phenoxy) is 1. The molecule has 1 N–H and O–H groups in total. The summed E-state index contributed by atoms with van der Waals surface area (Å²) in [6.07, 6.45) is 2.65. The van der Waals surface area contributed by atoms with Crippen LogP contribution in [-0.2, 0) is 14.3 Å². The van der Waals surface area contributed by atoms with Crippen molar-refractivity contribution in [3.8, 4) is 0 Å². The van der Waals surface area contributed by atoms with Crippen LogP contribution >= 0.6 is 0 Å². The molecule has 1 fully saturated rings. The average Bonchev–Trinajstić information content (AvgIpc) is 2.11. The fourth-order valence-electron chi connectivity index (χ4n) is 1.21. The summed E-state index contributed by atoms with van der Waals surface area (Å²) in [5.41, 5.74) is 0.656. The van der Waals surface area contributed by atoms with Crippen molar-refractivity contribution in [1.82, 2.24) is 5.32 Å². The summed E-state index contributed by atoms with van der Waals surface area (Å²) >= 11 is 0. The Labute approximate surface area is 76.9 Å². The Morgan fingerprint density at radius 2 is 2.38 bits per heavy atom. The Balaban J connectivity index is 2.70. The molecule has 0 bridgehead atoms. The molecule has 72 valence electrons. The number of carbonyl (C=O) groups is 2. The van der Waals surface area contributed by atoms with Crippen LogP contribution in [0.1, 0.15) is 19.8 Å². The van der Waals surface area contributed by atoms with Crippen molar-refractivity contribution in [2.24, 2.45) is 5.92 Å². The van der Waals surface area contributed by atoms with Gasteiger partial charge in [-0.05, 0) is 12.3 Å². The second-order valence-corrected chi connectivity index (χ2v) is 3.11. The first-order valence-corrected chi connectivity index (χ1v) is 4.23. The van der Waals surface area contributed by atoms with E-state index in [0.29, 0.717) is 12.1 Å². The lowest BCUT2D eigenvalue weighted by Gasteiger charge is -2.21. The van der Waals surface area contributed by atoms with Gasteiger partial charge in [0.1, 0.15) is 0 Å². The maximum atomic E-state index is 11.0. The molecule has 4 nitrogen and oxygen atoms in total. The number of nitrogens with one attached hydrogen (secondary N) is 1. The zero-order valence-corrected chi connectivity index (χ0v) is 7.79. The monoisotopic (exact) mass is 183 g/mol. The maximum absolute atomic E-state index is 11.0. The van der Waals surface area contributed by atoms with E-state index < -0.39 is 5.97 Å². The number of rotatable bonds is 1. The van der Waals surface area contributed by atoms with E-state index in [2.05, 4.69) is 10.1 Å². The first-order valence-electron chi connectivity index (χ1n) is 4.23. The van der Waals surface area contributed by atoms with Crippen LogP contribution in [0.5, 0.6) is 0 Å². The van der Waals surface area contributed by atoms with Gasteiger partial charge < -0.3 is 10.1 Å². The van der Waals surface area contributed by atoms with Crippen molar-refractivity contribution >= 4 is 11.9 Å². The minimum atomic E-state index is -0.427. The lowest BCUT2D eigenvalue weighted by atomic mass is 9.97. The summed E-state index contributed by atoms with van der Waals surface area (Å²) < 4.78 is 4.47. The van der Waals surface area contributed by atoms with Gasteiger partial charge in [0.25, 0.3) is 0 Å². The van der Waals surface area contributed by atoms with Crippen LogP contribution in [0, 0.1) is 5.92 Å².